The van der Waals surface area contributed by atoms with Crippen LogP contribution in [-0.4, -0.2) is 37.1 Å². The first-order valence-electron chi connectivity index (χ1n) is 9.51. The van der Waals surface area contributed by atoms with Gasteiger partial charge in [0.15, 0.2) is 17.6 Å². The first-order chi connectivity index (χ1) is 14.4. The minimum atomic E-state index is -0.939. The van der Waals surface area contributed by atoms with Gasteiger partial charge in [-0.1, -0.05) is 35.0 Å². The van der Waals surface area contributed by atoms with Gasteiger partial charge in [-0.05, 0) is 44.5 Å². The number of carbonyl (C=O) groups is 2. The number of aryl methyl sites for hydroxylation is 1. The van der Waals surface area contributed by atoms with Crippen molar-refractivity contribution in [3.63, 3.8) is 0 Å². The number of hydrogen-bond donors (Lipinski definition) is 1. The van der Waals surface area contributed by atoms with Crippen molar-refractivity contribution in [2.24, 2.45) is 5.16 Å². The van der Waals surface area contributed by atoms with E-state index in [0.717, 1.165) is 16.7 Å². The largest absolute Gasteiger partial charge is 0.454 e. The van der Waals surface area contributed by atoms with Crippen molar-refractivity contribution >= 4 is 17.6 Å². The molecule has 0 aromatic heterocycles. The van der Waals surface area contributed by atoms with Gasteiger partial charge in [-0.2, -0.15) is 0 Å². The lowest BCUT2D eigenvalue weighted by Gasteiger charge is -2.13. The molecule has 1 atom stereocenters. The minimum Gasteiger partial charge on any atom is -0.454 e. The van der Waals surface area contributed by atoms with Crippen LogP contribution < -0.4 is 14.8 Å². The molecule has 0 bridgehead atoms. The molecule has 1 N–H and O–H groups in total. The summed E-state index contributed by atoms with van der Waals surface area (Å²) in [4.78, 5) is 29.1. The fourth-order valence-corrected chi connectivity index (χ4v) is 2.68. The zero-order valence-corrected chi connectivity index (χ0v) is 17.1. The monoisotopic (exact) mass is 412 g/mol. The number of rotatable bonds is 8. The van der Waals surface area contributed by atoms with Gasteiger partial charge in [0.1, 0.15) is 0 Å². The summed E-state index contributed by atoms with van der Waals surface area (Å²) >= 11 is 0. The highest BCUT2D eigenvalue weighted by Crippen LogP contribution is 2.32. The maximum Gasteiger partial charge on any atom is 0.347 e. The second kappa shape index (κ2) is 9.78. The molecule has 0 fully saturated rings. The van der Waals surface area contributed by atoms with Crippen molar-refractivity contribution in [3.05, 3.63) is 59.2 Å². The Bertz CT molecular complexity index is 939. The maximum atomic E-state index is 12.1. The zero-order chi connectivity index (χ0) is 21.5. The number of esters is 1. The molecule has 1 aliphatic heterocycles. The number of nitrogens with one attached hydrogen (secondary N) is 1. The first-order valence-corrected chi connectivity index (χ1v) is 9.51. The van der Waals surface area contributed by atoms with Crippen LogP contribution in [0.3, 0.4) is 0 Å². The summed E-state index contributed by atoms with van der Waals surface area (Å²) in [6.45, 7) is 5.38. The zero-order valence-electron chi connectivity index (χ0n) is 17.1. The van der Waals surface area contributed by atoms with E-state index in [1.165, 1.54) is 6.92 Å². The first kappa shape index (κ1) is 21.2. The Labute approximate surface area is 174 Å². The molecular formula is C22H24N2O6. The third kappa shape index (κ3) is 5.73. The van der Waals surface area contributed by atoms with E-state index in [-0.39, 0.29) is 12.7 Å². The van der Waals surface area contributed by atoms with E-state index < -0.39 is 18.7 Å². The highest BCUT2D eigenvalue weighted by atomic mass is 16.7. The van der Waals surface area contributed by atoms with Crippen LogP contribution in [0.4, 0.5) is 0 Å². The molecule has 158 valence electrons. The lowest BCUT2D eigenvalue weighted by Crippen LogP contribution is -2.36. The van der Waals surface area contributed by atoms with Crippen LogP contribution in [0.15, 0.2) is 47.6 Å². The van der Waals surface area contributed by atoms with Gasteiger partial charge in [0.2, 0.25) is 13.4 Å². The van der Waals surface area contributed by atoms with Gasteiger partial charge in [0.25, 0.3) is 5.91 Å². The second-order valence-electron chi connectivity index (χ2n) is 6.85. The van der Waals surface area contributed by atoms with E-state index in [1.54, 1.807) is 19.1 Å². The Morgan fingerprint density at radius 3 is 2.63 bits per heavy atom. The Hall–Kier alpha value is -3.55. The van der Waals surface area contributed by atoms with Crippen LogP contribution >= 0.6 is 0 Å². The van der Waals surface area contributed by atoms with Crippen LogP contribution in [0.25, 0.3) is 0 Å². The van der Waals surface area contributed by atoms with Crippen LogP contribution in [-0.2, 0) is 25.7 Å². The molecule has 1 aliphatic rings. The number of carbonyl (C=O) groups excluding carboxylic acids is 2. The summed E-state index contributed by atoms with van der Waals surface area (Å²) < 4.78 is 15.7. The smallest absolute Gasteiger partial charge is 0.347 e. The molecule has 3 rings (SSSR count). The molecule has 0 aliphatic carbocycles. The summed E-state index contributed by atoms with van der Waals surface area (Å²) in [7, 11) is 0. The van der Waals surface area contributed by atoms with Gasteiger partial charge in [-0.25, -0.2) is 4.79 Å². The molecule has 1 heterocycles. The normalized spacial score (nSPS) is 13.5. The number of fused-ring (bicyclic) bond motifs is 1. The number of amides is 1. The number of nitrogens with zero attached hydrogens (tertiary/aromatic N) is 1. The fraction of sp³-hybridized carbons (Fsp3) is 0.318. The van der Waals surface area contributed by atoms with E-state index >= 15 is 0 Å². The SMILES string of the molecule is C/C(=N\OCC(=O)OC(C)C(=O)NCc1ccc(C)cc1)c1ccc2c(c1)OCO2. The van der Waals surface area contributed by atoms with Gasteiger partial charge in [-0.3, -0.25) is 4.79 Å². The molecule has 2 aromatic rings. The van der Waals surface area contributed by atoms with Crippen LogP contribution in [0, 0.1) is 6.92 Å². The van der Waals surface area contributed by atoms with E-state index in [4.69, 9.17) is 19.0 Å². The fourth-order valence-electron chi connectivity index (χ4n) is 2.68. The minimum absolute atomic E-state index is 0.189. The number of benzene rings is 2. The van der Waals surface area contributed by atoms with Gasteiger partial charge < -0.3 is 24.4 Å². The molecule has 1 unspecified atom stereocenters. The molecule has 8 heteroatoms. The Morgan fingerprint density at radius 2 is 1.87 bits per heavy atom. The highest BCUT2D eigenvalue weighted by molar-refractivity contribution is 5.99. The third-order valence-corrected chi connectivity index (χ3v) is 4.44. The van der Waals surface area contributed by atoms with E-state index in [9.17, 15) is 9.59 Å². The third-order valence-electron chi connectivity index (χ3n) is 4.44. The van der Waals surface area contributed by atoms with Gasteiger partial charge in [-0.15, -0.1) is 0 Å². The molecule has 1 amide bonds. The van der Waals surface area contributed by atoms with Crippen LogP contribution in [0.5, 0.6) is 11.5 Å². The summed E-state index contributed by atoms with van der Waals surface area (Å²) in [5.41, 5.74) is 3.44. The molecule has 8 nitrogen and oxygen atoms in total. The highest BCUT2D eigenvalue weighted by Gasteiger charge is 2.18. The molecule has 0 saturated heterocycles. The van der Waals surface area contributed by atoms with Crippen molar-refractivity contribution in [2.75, 3.05) is 13.4 Å². The average molecular weight is 412 g/mol. The van der Waals surface area contributed by atoms with Crippen molar-refractivity contribution in [1.29, 1.82) is 0 Å². The predicted molar refractivity (Wildman–Crippen MR) is 109 cm³/mol. The Kier molecular flexibility index (Phi) is 6.90. The summed E-state index contributed by atoms with van der Waals surface area (Å²) in [6, 6.07) is 13.2. The summed E-state index contributed by atoms with van der Waals surface area (Å²) in [5.74, 6) is 0.233. The maximum absolute atomic E-state index is 12.1. The average Bonchev–Trinajstić information content (AvgIpc) is 3.20. The van der Waals surface area contributed by atoms with Gasteiger partial charge in [0.05, 0.1) is 5.71 Å². The molecule has 30 heavy (non-hydrogen) atoms. The number of oxime groups is 1. The molecule has 2 aromatic carbocycles. The van der Waals surface area contributed by atoms with Gasteiger partial charge in [0, 0.05) is 12.1 Å². The van der Waals surface area contributed by atoms with Crippen molar-refractivity contribution in [2.45, 2.75) is 33.4 Å². The molecule has 0 saturated carbocycles. The summed E-state index contributed by atoms with van der Waals surface area (Å²) in [5, 5.41) is 6.65. The Balaban J connectivity index is 1.41. The quantitative estimate of drug-likeness (QED) is 0.407. The second-order valence-corrected chi connectivity index (χ2v) is 6.85. The molecular weight excluding hydrogens is 388 g/mol. The van der Waals surface area contributed by atoms with E-state index in [2.05, 4.69) is 10.5 Å². The number of hydrogen-bond acceptors (Lipinski definition) is 7. The van der Waals surface area contributed by atoms with Crippen LogP contribution in [0.2, 0.25) is 0 Å². The predicted octanol–water partition coefficient (Wildman–Crippen LogP) is 2.71. The number of ether oxygens (including phenoxy) is 3. The molecule has 0 radical (unpaired) electrons. The van der Waals surface area contributed by atoms with E-state index in [0.29, 0.717) is 23.8 Å². The lowest BCUT2D eigenvalue weighted by molar-refractivity contribution is -0.159. The van der Waals surface area contributed by atoms with Crippen molar-refractivity contribution < 1.29 is 28.6 Å². The lowest BCUT2D eigenvalue weighted by atomic mass is 10.1. The molecule has 0 spiro atoms. The van der Waals surface area contributed by atoms with E-state index in [1.807, 2.05) is 37.3 Å². The van der Waals surface area contributed by atoms with Crippen molar-refractivity contribution in [3.8, 4) is 11.5 Å². The van der Waals surface area contributed by atoms with Gasteiger partial charge >= 0.3 is 5.97 Å². The Morgan fingerprint density at radius 1 is 1.13 bits per heavy atom. The van der Waals surface area contributed by atoms with Crippen molar-refractivity contribution in [1.82, 2.24) is 5.32 Å². The standard InChI is InChI=1S/C22H24N2O6/c1-14-4-6-17(7-5-14)11-23-22(26)16(3)30-21(25)12-29-24-15(2)18-8-9-19-20(10-18)28-13-27-19/h4-10,16H,11-13H2,1-3H3,(H,23,26)/b24-15+. The summed E-state index contributed by atoms with van der Waals surface area (Å²) in [6.07, 6.45) is -0.939. The van der Waals surface area contributed by atoms with Crippen LogP contribution in [0.1, 0.15) is 30.5 Å². The topological polar surface area (TPSA) is 95.5 Å².